The molecule has 0 radical (unpaired) electrons. The molecule has 4 nitrogen and oxygen atoms in total. The Bertz CT molecular complexity index is 835. The van der Waals surface area contributed by atoms with Crippen molar-refractivity contribution in [2.75, 3.05) is 6.61 Å². The van der Waals surface area contributed by atoms with Crippen molar-refractivity contribution in [2.45, 2.75) is 37.2 Å². The van der Waals surface area contributed by atoms with Gasteiger partial charge >= 0.3 is 0 Å². The summed E-state index contributed by atoms with van der Waals surface area (Å²) in [6, 6.07) is 12.7. The summed E-state index contributed by atoms with van der Waals surface area (Å²) in [6.07, 6.45) is 1.75. The number of aliphatic hydroxyl groups excluding tert-OH is 1. The molecule has 25 heavy (non-hydrogen) atoms. The molecule has 1 aliphatic rings. The molecule has 0 aromatic heterocycles. The van der Waals surface area contributed by atoms with Gasteiger partial charge in [-0.1, -0.05) is 36.4 Å². The molecule has 1 atom stereocenters. The first kappa shape index (κ1) is 18.0. The van der Waals surface area contributed by atoms with Gasteiger partial charge < -0.3 is 5.11 Å². The number of benzene rings is 2. The van der Waals surface area contributed by atoms with Gasteiger partial charge in [-0.25, -0.2) is 12.8 Å². The molecule has 0 bridgehead atoms. The summed E-state index contributed by atoms with van der Waals surface area (Å²) < 4.78 is 42.0. The maximum absolute atomic E-state index is 14.3. The third-order valence-electron chi connectivity index (χ3n) is 4.58. The lowest BCUT2D eigenvalue weighted by Crippen LogP contribution is -2.43. The molecule has 1 N–H and O–H groups in total. The number of sulfonamides is 1. The van der Waals surface area contributed by atoms with Crippen molar-refractivity contribution in [2.24, 2.45) is 5.92 Å². The lowest BCUT2D eigenvalue weighted by Gasteiger charge is -2.30. The molecule has 2 aromatic rings. The van der Waals surface area contributed by atoms with Gasteiger partial charge in [0.15, 0.2) is 0 Å². The molecule has 1 unspecified atom stereocenters. The van der Waals surface area contributed by atoms with Crippen LogP contribution < -0.4 is 0 Å². The van der Waals surface area contributed by atoms with Crippen LogP contribution >= 0.6 is 0 Å². The second-order valence-corrected chi connectivity index (χ2v) is 8.42. The normalized spacial score (nSPS) is 16.2. The maximum atomic E-state index is 14.3. The SMILES string of the molecule is Cc1ccc(F)c(S(=O)(=O)N(Cc2ccccc2)C(CO)C2CC2)c1. The average molecular weight is 363 g/mol. The average Bonchev–Trinajstić information content (AvgIpc) is 3.42. The number of hydrogen-bond acceptors (Lipinski definition) is 3. The third kappa shape index (κ3) is 3.92. The smallest absolute Gasteiger partial charge is 0.246 e. The number of nitrogens with zero attached hydrogens (tertiary/aromatic N) is 1. The van der Waals surface area contributed by atoms with Crippen LogP contribution in [0.1, 0.15) is 24.0 Å². The molecule has 2 aromatic carbocycles. The fourth-order valence-corrected chi connectivity index (χ4v) is 4.85. The van der Waals surface area contributed by atoms with Crippen molar-refractivity contribution < 1.29 is 17.9 Å². The van der Waals surface area contributed by atoms with Crippen molar-refractivity contribution in [3.63, 3.8) is 0 Å². The minimum atomic E-state index is -4.07. The fourth-order valence-electron chi connectivity index (χ4n) is 3.03. The van der Waals surface area contributed by atoms with Gasteiger partial charge in [0.25, 0.3) is 0 Å². The highest BCUT2D eigenvalue weighted by atomic mass is 32.2. The van der Waals surface area contributed by atoms with Crippen LogP contribution in [0.3, 0.4) is 0 Å². The zero-order valence-electron chi connectivity index (χ0n) is 14.1. The van der Waals surface area contributed by atoms with E-state index in [1.165, 1.54) is 16.4 Å². The van der Waals surface area contributed by atoms with Gasteiger partial charge in [0.1, 0.15) is 10.7 Å². The molecule has 0 spiro atoms. The molecule has 6 heteroatoms. The number of halogens is 1. The number of rotatable bonds is 7. The van der Waals surface area contributed by atoms with Crippen LogP contribution in [0.15, 0.2) is 53.4 Å². The molecule has 3 rings (SSSR count). The van der Waals surface area contributed by atoms with Crippen LogP contribution in [-0.2, 0) is 16.6 Å². The minimum Gasteiger partial charge on any atom is -0.395 e. The van der Waals surface area contributed by atoms with Crippen LogP contribution in [0.4, 0.5) is 4.39 Å². The monoisotopic (exact) mass is 363 g/mol. The summed E-state index contributed by atoms with van der Waals surface area (Å²) in [5, 5.41) is 9.82. The van der Waals surface area contributed by atoms with Crippen molar-refractivity contribution in [1.29, 1.82) is 0 Å². The minimum absolute atomic E-state index is 0.109. The van der Waals surface area contributed by atoms with Gasteiger partial charge in [-0.05, 0) is 48.9 Å². The van der Waals surface area contributed by atoms with Crippen molar-refractivity contribution in [3.8, 4) is 0 Å². The Kier molecular flexibility index (Phi) is 5.22. The highest BCUT2D eigenvalue weighted by Crippen LogP contribution is 2.38. The van der Waals surface area contributed by atoms with E-state index < -0.39 is 21.9 Å². The van der Waals surface area contributed by atoms with Crippen molar-refractivity contribution >= 4 is 10.0 Å². The zero-order valence-corrected chi connectivity index (χ0v) is 14.9. The van der Waals surface area contributed by atoms with E-state index in [1.807, 2.05) is 30.3 Å². The van der Waals surface area contributed by atoms with Crippen LogP contribution in [0.25, 0.3) is 0 Å². The molecular weight excluding hydrogens is 341 g/mol. The summed E-state index contributed by atoms with van der Waals surface area (Å²) >= 11 is 0. The summed E-state index contributed by atoms with van der Waals surface area (Å²) in [5.41, 5.74) is 1.48. The van der Waals surface area contributed by atoms with Crippen LogP contribution in [0, 0.1) is 18.7 Å². The first-order chi connectivity index (χ1) is 11.9. The Hall–Kier alpha value is -1.76. The first-order valence-corrected chi connectivity index (χ1v) is 9.80. The predicted molar refractivity (Wildman–Crippen MR) is 93.9 cm³/mol. The molecule has 134 valence electrons. The molecule has 0 amide bonds. The van der Waals surface area contributed by atoms with E-state index >= 15 is 0 Å². The second kappa shape index (κ2) is 7.23. The van der Waals surface area contributed by atoms with Crippen molar-refractivity contribution in [1.82, 2.24) is 4.31 Å². The molecular formula is C19H22FNO3S. The van der Waals surface area contributed by atoms with Gasteiger partial charge in [-0.15, -0.1) is 0 Å². The van der Waals surface area contributed by atoms with E-state index in [0.717, 1.165) is 18.4 Å². The summed E-state index contributed by atoms with van der Waals surface area (Å²) in [5.74, 6) is -0.646. The number of aryl methyl sites for hydroxylation is 1. The number of hydrogen-bond donors (Lipinski definition) is 1. The Morgan fingerprint density at radius 3 is 2.48 bits per heavy atom. The summed E-state index contributed by atoms with van der Waals surface area (Å²) in [7, 11) is -4.07. The van der Waals surface area contributed by atoms with Gasteiger partial charge in [0.05, 0.1) is 12.6 Å². The van der Waals surface area contributed by atoms with E-state index in [0.29, 0.717) is 5.56 Å². The van der Waals surface area contributed by atoms with E-state index in [2.05, 4.69) is 0 Å². The molecule has 0 aliphatic heterocycles. The van der Waals surface area contributed by atoms with E-state index in [1.54, 1.807) is 13.0 Å². The molecule has 0 saturated heterocycles. The van der Waals surface area contributed by atoms with Gasteiger partial charge in [-0.2, -0.15) is 4.31 Å². The largest absolute Gasteiger partial charge is 0.395 e. The Morgan fingerprint density at radius 2 is 1.88 bits per heavy atom. The molecule has 1 saturated carbocycles. The van der Waals surface area contributed by atoms with Gasteiger partial charge in [0, 0.05) is 6.54 Å². The van der Waals surface area contributed by atoms with E-state index in [9.17, 15) is 17.9 Å². The van der Waals surface area contributed by atoms with Crippen molar-refractivity contribution in [3.05, 3.63) is 65.5 Å². The van der Waals surface area contributed by atoms with Gasteiger partial charge in [-0.3, -0.25) is 0 Å². The summed E-state index contributed by atoms with van der Waals surface area (Å²) in [4.78, 5) is -0.331. The standard InChI is InChI=1S/C19H22FNO3S/c1-14-7-10-17(20)19(11-14)25(23,24)21(18(13-22)16-8-9-16)12-15-5-3-2-4-6-15/h2-7,10-11,16,18,22H,8-9,12-13H2,1H3. The van der Waals surface area contributed by atoms with Crippen LogP contribution in [-0.4, -0.2) is 30.5 Å². The van der Waals surface area contributed by atoms with Crippen LogP contribution in [0.2, 0.25) is 0 Å². The Balaban J connectivity index is 2.04. The second-order valence-electron chi connectivity index (χ2n) is 6.56. The lowest BCUT2D eigenvalue weighted by atomic mass is 10.1. The molecule has 1 fully saturated rings. The Labute approximate surface area is 148 Å². The predicted octanol–water partition coefficient (Wildman–Crippen LogP) is 3.10. The molecule has 0 heterocycles. The highest BCUT2D eigenvalue weighted by Gasteiger charge is 2.41. The fraction of sp³-hybridized carbons (Fsp3) is 0.368. The van der Waals surface area contributed by atoms with Crippen LogP contribution in [0.5, 0.6) is 0 Å². The van der Waals surface area contributed by atoms with E-state index in [-0.39, 0.29) is 24.0 Å². The third-order valence-corrected chi connectivity index (χ3v) is 6.46. The van der Waals surface area contributed by atoms with Gasteiger partial charge in [0.2, 0.25) is 10.0 Å². The quantitative estimate of drug-likeness (QED) is 0.822. The number of aliphatic hydroxyl groups is 1. The zero-order chi connectivity index (χ0) is 18.0. The first-order valence-electron chi connectivity index (χ1n) is 8.36. The Morgan fingerprint density at radius 1 is 1.20 bits per heavy atom. The topological polar surface area (TPSA) is 57.6 Å². The highest BCUT2D eigenvalue weighted by molar-refractivity contribution is 7.89. The molecule has 1 aliphatic carbocycles. The van der Waals surface area contributed by atoms with E-state index in [4.69, 9.17) is 0 Å². The lowest BCUT2D eigenvalue weighted by molar-refractivity contribution is 0.166. The summed E-state index contributed by atoms with van der Waals surface area (Å²) in [6.45, 7) is 1.56. The maximum Gasteiger partial charge on any atom is 0.246 e.